The Bertz CT molecular complexity index is 511. The predicted molar refractivity (Wildman–Crippen MR) is 77.7 cm³/mol. The van der Waals surface area contributed by atoms with Crippen LogP contribution in [0.4, 0.5) is 18.3 Å². The maximum Gasteiger partial charge on any atom is 0.406 e. The Labute approximate surface area is 126 Å². The zero-order valence-corrected chi connectivity index (χ0v) is 13.5. The van der Waals surface area contributed by atoms with Crippen molar-refractivity contribution >= 4 is 16.5 Å². The van der Waals surface area contributed by atoms with Gasteiger partial charge >= 0.3 is 6.18 Å². The van der Waals surface area contributed by atoms with Crippen molar-refractivity contribution in [1.82, 2.24) is 4.98 Å². The summed E-state index contributed by atoms with van der Waals surface area (Å²) in [5.74, 6) is 0. The fraction of sp³-hybridized carbons (Fsp3) is 0.786. The van der Waals surface area contributed by atoms with Gasteiger partial charge in [-0.25, -0.2) is 4.98 Å². The van der Waals surface area contributed by atoms with E-state index in [4.69, 9.17) is 0 Å². The van der Waals surface area contributed by atoms with E-state index in [1.807, 2.05) is 13.8 Å². The third-order valence-corrected chi connectivity index (χ3v) is 4.87. The van der Waals surface area contributed by atoms with E-state index in [1.54, 1.807) is 13.8 Å². The molecular formula is C14H21F3N2OS. The molecule has 0 saturated heterocycles. The third kappa shape index (κ3) is 3.88. The van der Waals surface area contributed by atoms with Crippen LogP contribution < -0.4 is 4.90 Å². The van der Waals surface area contributed by atoms with Crippen molar-refractivity contribution in [2.75, 3.05) is 11.4 Å². The lowest BCUT2D eigenvalue weighted by atomic mass is 9.77. The molecule has 0 bridgehead atoms. The summed E-state index contributed by atoms with van der Waals surface area (Å²) in [6.07, 6.45) is -3.60. The number of nitrogens with zero attached hydrogens (tertiary/aromatic N) is 2. The number of aromatic nitrogens is 1. The van der Waals surface area contributed by atoms with E-state index >= 15 is 0 Å². The summed E-state index contributed by atoms with van der Waals surface area (Å²) in [4.78, 5) is 6.36. The first-order valence-electron chi connectivity index (χ1n) is 6.99. The van der Waals surface area contributed by atoms with Crippen LogP contribution in [0.5, 0.6) is 0 Å². The number of aliphatic hydroxyl groups is 1. The molecule has 0 spiro atoms. The molecular weight excluding hydrogens is 301 g/mol. The van der Waals surface area contributed by atoms with E-state index in [0.29, 0.717) is 18.0 Å². The van der Waals surface area contributed by atoms with Gasteiger partial charge in [0.05, 0.1) is 16.7 Å². The van der Waals surface area contributed by atoms with Crippen LogP contribution in [-0.2, 0) is 6.42 Å². The molecule has 1 heterocycles. The van der Waals surface area contributed by atoms with Crippen molar-refractivity contribution in [2.45, 2.75) is 58.9 Å². The number of fused-ring (bicyclic) bond motifs is 1. The van der Waals surface area contributed by atoms with Crippen molar-refractivity contribution in [3.8, 4) is 0 Å². The summed E-state index contributed by atoms with van der Waals surface area (Å²) in [6, 6.07) is -0.301. The van der Waals surface area contributed by atoms with E-state index in [0.717, 1.165) is 10.6 Å². The molecule has 120 valence electrons. The lowest BCUT2D eigenvalue weighted by molar-refractivity contribution is -0.120. The third-order valence-electron chi connectivity index (χ3n) is 3.63. The smallest absolute Gasteiger partial charge is 0.387 e. The highest BCUT2D eigenvalue weighted by Gasteiger charge is 2.37. The van der Waals surface area contributed by atoms with Crippen LogP contribution in [0.2, 0.25) is 0 Å². The minimum atomic E-state index is -4.27. The molecule has 3 nitrogen and oxygen atoms in total. The van der Waals surface area contributed by atoms with Crippen LogP contribution in [0, 0.1) is 5.41 Å². The summed E-state index contributed by atoms with van der Waals surface area (Å²) in [5, 5.41) is 10.5. The molecule has 1 unspecified atom stereocenters. The first kappa shape index (κ1) is 16.5. The maximum absolute atomic E-state index is 12.7. The van der Waals surface area contributed by atoms with Gasteiger partial charge in [-0.05, 0) is 32.1 Å². The minimum absolute atomic E-state index is 0.0789. The van der Waals surface area contributed by atoms with Gasteiger partial charge in [0.25, 0.3) is 0 Å². The van der Waals surface area contributed by atoms with Gasteiger partial charge in [0, 0.05) is 6.04 Å². The molecule has 1 aliphatic carbocycles. The van der Waals surface area contributed by atoms with Gasteiger partial charge in [0.2, 0.25) is 0 Å². The number of hydrogen-bond donors (Lipinski definition) is 1. The summed E-state index contributed by atoms with van der Waals surface area (Å²) in [5.41, 5.74) is 0.663. The Morgan fingerprint density at radius 3 is 2.57 bits per heavy atom. The summed E-state index contributed by atoms with van der Waals surface area (Å²) in [7, 11) is 0. The van der Waals surface area contributed by atoms with E-state index in [2.05, 4.69) is 4.98 Å². The monoisotopic (exact) mass is 322 g/mol. The average Bonchev–Trinajstić information content (AvgIpc) is 2.66. The first-order chi connectivity index (χ1) is 9.48. The molecule has 0 saturated carbocycles. The lowest BCUT2D eigenvalue weighted by Gasteiger charge is -2.31. The number of thiazole rings is 1. The normalized spacial score (nSPS) is 21.5. The van der Waals surface area contributed by atoms with E-state index < -0.39 is 18.8 Å². The van der Waals surface area contributed by atoms with Crippen molar-refractivity contribution in [3.05, 3.63) is 10.6 Å². The van der Waals surface area contributed by atoms with Crippen molar-refractivity contribution in [3.63, 3.8) is 0 Å². The average molecular weight is 322 g/mol. The second-order valence-electron chi connectivity index (χ2n) is 6.71. The Balaban J connectivity index is 2.33. The maximum atomic E-state index is 12.7. The van der Waals surface area contributed by atoms with E-state index in [1.165, 1.54) is 16.2 Å². The van der Waals surface area contributed by atoms with Gasteiger partial charge in [-0.2, -0.15) is 13.2 Å². The zero-order valence-electron chi connectivity index (χ0n) is 12.7. The van der Waals surface area contributed by atoms with Gasteiger partial charge in [-0.3, -0.25) is 0 Å². The molecule has 21 heavy (non-hydrogen) atoms. The molecule has 1 aromatic heterocycles. The molecule has 7 heteroatoms. The Kier molecular flexibility index (Phi) is 4.28. The van der Waals surface area contributed by atoms with Gasteiger partial charge < -0.3 is 10.0 Å². The fourth-order valence-corrected chi connectivity index (χ4v) is 3.87. The van der Waals surface area contributed by atoms with Crippen LogP contribution in [0.25, 0.3) is 0 Å². The van der Waals surface area contributed by atoms with Crippen LogP contribution in [0.1, 0.15) is 50.8 Å². The quantitative estimate of drug-likeness (QED) is 0.916. The molecule has 0 aliphatic heterocycles. The molecule has 2 rings (SSSR count). The number of hydrogen-bond acceptors (Lipinski definition) is 4. The summed E-state index contributed by atoms with van der Waals surface area (Å²) >= 11 is 1.19. The zero-order chi connectivity index (χ0) is 16.0. The van der Waals surface area contributed by atoms with Gasteiger partial charge in [0.1, 0.15) is 6.54 Å². The SMILES string of the molecule is CC(C)N(CC(F)(F)F)c1nc2c(s1)C(O)CC(C)(C)C2. The largest absolute Gasteiger partial charge is 0.406 e. The summed E-state index contributed by atoms with van der Waals surface area (Å²) < 4.78 is 38.2. The van der Waals surface area contributed by atoms with Crippen LogP contribution >= 0.6 is 11.3 Å². The molecule has 0 fully saturated rings. The topological polar surface area (TPSA) is 36.4 Å². The van der Waals surface area contributed by atoms with Gasteiger partial charge in [-0.1, -0.05) is 25.2 Å². The Morgan fingerprint density at radius 1 is 1.43 bits per heavy atom. The predicted octanol–water partition coefficient (Wildman–Crippen LogP) is 3.93. The number of halogens is 3. The number of aliphatic hydroxyl groups excluding tert-OH is 1. The number of rotatable bonds is 3. The second kappa shape index (κ2) is 5.43. The van der Waals surface area contributed by atoms with Gasteiger partial charge in [0.15, 0.2) is 5.13 Å². The molecule has 0 radical (unpaired) electrons. The summed E-state index contributed by atoms with van der Waals surface area (Å²) in [6.45, 7) is 6.48. The van der Waals surface area contributed by atoms with E-state index in [-0.39, 0.29) is 11.5 Å². The number of anilines is 1. The highest BCUT2D eigenvalue weighted by Crippen LogP contribution is 2.45. The molecule has 1 aromatic rings. The van der Waals surface area contributed by atoms with Crippen LogP contribution in [0.3, 0.4) is 0 Å². The Morgan fingerprint density at radius 2 is 2.05 bits per heavy atom. The molecule has 1 aliphatic rings. The number of alkyl halides is 3. The highest BCUT2D eigenvalue weighted by molar-refractivity contribution is 7.15. The second-order valence-corrected chi connectivity index (χ2v) is 7.71. The Hall–Kier alpha value is -0.820. The van der Waals surface area contributed by atoms with Crippen LogP contribution in [-0.4, -0.2) is 28.9 Å². The van der Waals surface area contributed by atoms with Crippen molar-refractivity contribution < 1.29 is 18.3 Å². The minimum Gasteiger partial charge on any atom is -0.387 e. The molecule has 1 atom stereocenters. The van der Waals surface area contributed by atoms with Gasteiger partial charge in [-0.15, -0.1) is 0 Å². The van der Waals surface area contributed by atoms with Crippen LogP contribution in [0.15, 0.2) is 0 Å². The van der Waals surface area contributed by atoms with E-state index in [9.17, 15) is 18.3 Å². The lowest BCUT2D eigenvalue weighted by Crippen LogP contribution is -2.39. The molecule has 1 N–H and O–H groups in total. The standard InChI is InChI=1S/C14H21F3N2OS/c1-8(2)19(7-14(15,16)17)12-18-9-5-13(3,4)6-10(20)11(9)21-12/h8,10,20H,5-7H2,1-4H3. The molecule has 0 aromatic carbocycles. The van der Waals surface area contributed by atoms with Crippen molar-refractivity contribution in [1.29, 1.82) is 0 Å². The molecule has 0 amide bonds. The highest BCUT2D eigenvalue weighted by atomic mass is 32.1. The first-order valence-corrected chi connectivity index (χ1v) is 7.81. The fourth-order valence-electron chi connectivity index (χ4n) is 2.67. The van der Waals surface area contributed by atoms with Crippen molar-refractivity contribution in [2.24, 2.45) is 5.41 Å².